The van der Waals surface area contributed by atoms with Crippen LogP contribution in [-0.4, -0.2) is 25.0 Å². The maximum Gasteiger partial charge on any atom is 0.328 e. The first-order valence-corrected chi connectivity index (χ1v) is 7.47. The van der Waals surface area contributed by atoms with Crippen LogP contribution in [0.2, 0.25) is 0 Å². The van der Waals surface area contributed by atoms with Crippen molar-refractivity contribution in [2.45, 2.75) is 26.8 Å². The van der Waals surface area contributed by atoms with Crippen LogP contribution in [0.1, 0.15) is 25.0 Å². The Balaban J connectivity index is 2.76. The summed E-state index contributed by atoms with van der Waals surface area (Å²) in [5.74, 6) is -0.809. The van der Waals surface area contributed by atoms with E-state index in [0.29, 0.717) is 0 Å². The summed E-state index contributed by atoms with van der Waals surface area (Å²) >= 11 is 3.45. The van der Waals surface area contributed by atoms with Gasteiger partial charge >= 0.3 is 5.97 Å². The Morgan fingerprint density at radius 2 is 2.00 bits per heavy atom. The van der Waals surface area contributed by atoms with Crippen LogP contribution < -0.4 is 5.32 Å². The molecule has 1 rings (SSSR count). The average Bonchev–Trinajstić information content (AvgIpc) is 2.42. The van der Waals surface area contributed by atoms with E-state index in [4.69, 9.17) is 0 Å². The molecule has 1 amide bonds. The van der Waals surface area contributed by atoms with Gasteiger partial charge in [-0.3, -0.25) is 4.79 Å². The van der Waals surface area contributed by atoms with Crippen LogP contribution in [0.5, 0.6) is 0 Å². The smallest absolute Gasteiger partial charge is 0.328 e. The summed E-state index contributed by atoms with van der Waals surface area (Å²) in [5.41, 5.74) is 2.03. The molecule has 1 atom stereocenters. The van der Waals surface area contributed by atoms with Gasteiger partial charge in [0.1, 0.15) is 6.04 Å². The highest BCUT2D eigenvalue weighted by atomic mass is 79.9. The van der Waals surface area contributed by atoms with Gasteiger partial charge in [0, 0.05) is 10.5 Å². The Bertz CT molecular complexity index is 552. The van der Waals surface area contributed by atoms with Gasteiger partial charge in [-0.25, -0.2) is 4.79 Å². The molecule has 5 heteroatoms. The number of halogens is 1. The quantitative estimate of drug-likeness (QED) is 0.653. The molecule has 1 unspecified atom stereocenters. The van der Waals surface area contributed by atoms with E-state index in [1.54, 1.807) is 6.08 Å². The van der Waals surface area contributed by atoms with E-state index < -0.39 is 12.0 Å². The van der Waals surface area contributed by atoms with Gasteiger partial charge in [0.15, 0.2) is 0 Å². The maximum absolute atomic E-state index is 11.9. The third-order valence-corrected chi connectivity index (χ3v) is 3.68. The standard InChI is InChI=1S/C16H20BrNO3/c1-10(2)15(16(20)21-4)18-14(19)8-7-12-6-5-11(3)9-13(12)17/h5-10,15H,1-4H3,(H,18,19)/b8-7+. The monoisotopic (exact) mass is 353 g/mol. The highest BCUT2D eigenvalue weighted by molar-refractivity contribution is 9.10. The molecule has 0 fully saturated rings. The number of benzene rings is 1. The lowest BCUT2D eigenvalue weighted by molar-refractivity contribution is -0.145. The predicted molar refractivity (Wildman–Crippen MR) is 86.7 cm³/mol. The summed E-state index contributed by atoms with van der Waals surface area (Å²) in [6, 6.07) is 5.22. The summed E-state index contributed by atoms with van der Waals surface area (Å²) in [6.07, 6.45) is 3.11. The fourth-order valence-electron chi connectivity index (χ4n) is 1.76. The number of aryl methyl sites for hydroxylation is 1. The van der Waals surface area contributed by atoms with Crippen LogP contribution >= 0.6 is 15.9 Å². The van der Waals surface area contributed by atoms with Crippen LogP contribution in [-0.2, 0) is 14.3 Å². The van der Waals surface area contributed by atoms with Crippen LogP contribution in [0.15, 0.2) is 28.7 Å². The molecule has 21 heavy (non-hydrogen) atoms. The van der Waals surface area contributed by atoms with Crippen molar-refractivity contribution in [3.63, 3.8) is 0 Å². The normalized spacial score (nSPS) is 12.5. The minimum Gasteiger partial charge on any atom is -0.467 e. The first kappa shape index (κ1) is 17.4. The highest BCUT2D eigenvalue weighted by Crippen LogP contribution is 2.19. The van der Waals surface area contributed by atoms with Crippen molar-refractivity contribution < 1.29 is 14.3 Å². The Labute approximate surface area is 133 Å². The number of amides is 1. The first-order chi connectivity index (χ1) is 9.85. The third-order valence-electron chi connectivity index (χ3n) is 2.99. The van der Waals surface area contributed by atoms with Crippen molar-refractivity contribution >= 4 is 33.9 Å². The zero-order chi connectivity index (χ0) is 16.0. The molecule has 1 aromatic rings. The molecule has 0 heterocycles. The topological polar surface area (TPSA) is 55.4 Å². The largest absolute Gasteiger partial charge is 0.467 e. The van der Waals surface area contributed by atoms with Gasteiger partial charge in [0.2, 0.25) is 5.91 Å². The molecule has 0 aliphatic heterocycles. The molecule has 0 spiro atoms. The summed E-state index contributed by atoms with van der Waals surface area (Å²) in [4.78, 5) is 23.5. The lowest BCUT2D eigenvalue weighted by Gasteiger charge is -2.18. The van der Waals surface area contributed by atoms with E-state index in [1.807, 2.05) is 39.0 Å². The van der Waals surface area contributed by atoms with E-state index in [-0.39, 0.29) is 11.8 Å². The van der Waals surface area contributed by atoms with Crippen LogP contribution in [0, 0.1) is 12.8 Å². The Kier molecular flexibility index (Phi) is 6.62. The number of carbonyl (C=O) groups excluding carboxylic acids is 2. The van der Waals surface area contributed by atoms with Crippen molar-refractivity contribution in [2.24, 2.45) is 5.92 Å². The summed E-state index contributed by atoms with van der Waals surface area (Å²) in [5, 5.41) is 2.65. The van der Waals surface area contributed by atoms with E-state index in [0.717, 1.165) is 15.6 Å². The zero-order valence-corrected chi connectivity index (χ0v) is 14.2. The summed E-state index contributed by atoms with van der Waals surface area (Å²) in [6.45, 7) is 5.69. The van der Waals surface area contributed by atoms with Gasteiger partial charge in [-0.05, 0) is 36.1 Å². The lowest BCUT2D eigenvalue weighted by atomic mass is 10.0. The molecule has 0 aliphatic rings. The maximum atomic E-state index is 11.9. The summed E-state index contributed by atoms with van der Waals surface area (Å²) < 4.78 is 5.60. The van der Waals surface area contributed by atoms with E-state index in [1.165, 1.54) is 13.2 Å². The Morgan fingerprint density at radius 1 is 1.33 bits per heavy atom. The second-order valence-electron chi connectivity index (χ2n) is 5.11. The summed E-state index contributed by atoms with van der Waals surface area (Å²) in [7, 11) is 1.31. The number of rotatable bonds is 5. The van der Waals surface area contributed by atoms with Crippen molar-refractivity contribution in [2.75, 3.05) is 7.11 Å². The molecule has 0 radical (unpaired) electrons. The molecule has 0 saturated carbocycles. The van der Waals surface area contributed by atoms with E-state index in [2.05, 4.69) is 26.0 Å². The van der Waals surface area contributed by atoms with Crippen LogP contribution in [0.25, 0.3) is 6.08 Å². The number of methoxy groups -OCH3 is 1. The zero-order valence-electron chi connectivity index (χ0n) is 12.6. The number of esters is 1. The number of ether oxygens (including phenoxy) is 1. The fraction of sp³-hybridized carbons (Fsp3) is 0.375. The molecule has 114 valence electrons. The lowest BCUT2D eigenvalue weighted by Crippen LogP contribution is -2.44. The van der Waals surface area contributed by atoms with Gasteiger partial charge in [-0.1, -0.05) is 41.9 Å². The first-order valence-electron chi connectivity index (χ1n) is 6.67. The minimum atomic E-state index is -0.645. The molecule has 0 bridgehead atoms. The van der Waals surface area contributed by atoms with Gasteiger partial charge in [-0.15, -0.1) is 0 Å². The minimum absolute atomic E-state index is 0.0408. The van der Waals surface area contributed by atoms with E-state index >= 15 is 0 Å². The van der Waals surface area contributed by atoms with Crippen LogP contribution in [0.4, 0.5) is 0 Å². The second kappa shape index (κ2) is 7.98. The van der Waals surface area contributed by atoms with Gasteiger partial charge in [-0.2, -0.15) is 0 Å². The number of hydrogen-bond donors (Lipinski definition) is 1. The molecule has 1 aromatic carbocycles. The van der Waals surface area contributed by atoms with Gasteiger partial charge in [0.05, 0.1) is 7.11 Å². The van der Waals surface area contributed by atoms with Crippen molar-refractivity contribution in [1.82, 2.24) is 5.32 Å². The fourth-order valence-corrected chi connectivity index (χ4v) is 2.38. The molecule has 4 nitrogen and oxygen atoms in total. The van der Waals surface area contributed by atoms with Gasteiger partial charge in [0.25, 0.3) is 0 Å². The highest BCUT2D eigenvalue weighted by Gasteiger charge is 2.23. The second-order valence-corrected chi connectivity index (χ2v) is 5.97. The molecular weight excluding hydrogens is 334 g/mol. The number of hydrogen-bond acceptors (Lipinski definition) is 3. The number of nitrogens with one attached hydrogen (secondary N) is 1. The molecule has 0 saturated heterocycles. The predicted octanol–water partition coefficient (Wildman–Crippen LogP) is 3.08. The molecule has 1 N–H and O–H groups in total. The van der Waals surface area contributed by atoms with Gasteiger partial charge < -0.3 is 10.1 Å². The third kappa shape index (κ3) is 5.34. The Hall–Kier alpha value is -1.62. The molecule has 0 aliphatic carbocycles. The Morgan fingerprint density at radius 3 is 2.52 bits per heavy atom. The average molecular weight is 354 g/mol. The number of carbonyl (C=O) groups is 2. The molecule has 0 aromatic heterocycles. The molecular formula is C16H20BrNO3. The van der Waals surface area contributed by atoms with Crippen molar-refractivity contribution in [3.8, 4) is 0 Å². The van der Waals surface area contributed by atoms with Crippen molar-refractivity contribution in [1.29, 1.82) is 0 Å². The SMILES string of the molecule is COC(=O)C(NC(=O)/C=C/c1ccc(C)cc1Br)C(C)C. The van der Waals surface area contributed by atoms with E-state index in [9.17, 15) is 9.59 Å². The van der Waals surface area contributed by atoms with Crippen LogP contribution in [0.3, 0.4) is 0 Å². The van der Waals surface area contributed by atoms with Crippen molar-refractivity contribution in [3.05, 3.63) is 39.9 Å².